The molecule has 0 saturated carbocycles. The van der Waals surface area contributed by atoms with Gasteiger partial charge in [-0.05, 0) is 20.8 Å². The van der Waals surface area contributed by atoms with Crippen LogP contribution in [0.4, 0.5) is 0 Å². The highest BCUT2D eigenvalue weighted by Gasteiger charge is 2.50. The van der Waals surface area contributed by atoms with Gasteiger partial charge in [-0.15, -0.1) is 0 Å². The first-order valence-corrected chi connectivity index (χ1v) is 5.12. The Hall–Kier alpha value is -1.40. The van der Waals surface area contributed by atoms with Crippen molar-refractivity contribution in [3.8, 4) is 0 Å². The van der Waals surface area contributed by atoms with Crippen LogP contribution < -0.4 is 0 Å². The summed E-state index contributed by atoms with van der Waals surface area (Å²) in [6.45, 7) is 8.13. The minimum Gasteiger partial charge on any atom is -0.396 e. The Balaban J connectivity index is 2.80. The number of aliphatic hydroxyl groups is 1. The highest BCUT2D eigenvalue weighted by Crippen LogP contribution is 2.34. The van der Waals surface area contributed by atoms with Crippen molar-refractivity contribution in [3.63, 3.8) is 0 Å². The normalized spacial score (nSPS) is 22.2. The van der Waals surface area contributed by atoms with Crippen molar-refractivity contribution in [2.75, 3.05) is 6.61 Å². The van der Waals surface area contributed by atoms with Gasteiger partial charge in [-0.2, -0.15) is 0 Å². The lowest BCUT2D eigenvalue weighted by molar-refractivity contribution is -0.367. The van der Waals surface area contributed by atoms with Gasteiger partial charge < -0.3 is 19.3 Å². The number of ether oxygens (including phenoxy) is 3. The number of carbonyl (C=O) groups excluding carboxylic acids is 2. The summed E-state index contributed by atoms with van der Waals surface area (Å²) in [5.74, 6) is -3.99. The molecule has 17 heavy (non-hydrogen) atoms. The van der Waals surface area contributed by atoms with Crippen LogP contribution in [0.5, 0.6) is 0 Å². The van der Waals surface area contributed by atoms with Crippen LogP contribution in [-0.4, -0.2) is 35.7 Å². The molecule has 0 aromatic rings. The molecular weight excluding hydrogens is 228 g/mol. The predicted molar refractivity (Wildman–Crippen MR) is 56.5 cm³/mol. The Morgan fingerprint density at radius 1 is 1.41 bits per heavy atom. The zero-order valence-corrected chi connectivity index (χ0v) is 10.1. The minimum absolute atomic E-state index is 0.245. The maximum atomic E-state index is 11.4. The average Bonchev–Trinajstić information content (AvgIpc) is 2.98. The Morgan fingerprint density at radius 3 is 2.29 bits per heavy atom. The predicted octanol–water partition coefficient (Wildman–Crippen LogP) is 0.350. The van der Waals surface area contributed by atoms with Crippen LogP contribution in [-0.2, 0) is 23.8 Å². The molecule has 1 rings (SSSR count). The first kappa shape index (κ1) is 13.7. The van der Waals surface area contributed by atoms with Crippen molar-refractivity contribution in [2.45, 2.75) is 32.8 Å². The number of esters is 2. The summed E-state index contributed by atoms with van der Waals surface area (Å²) >= 11 is 0. The second-order valence-electron chi connectivity index (χ2n) is 4.70. The molecule has 0 aromatic heterocycles. The highest BCUT2D eigenvalue weighted by molar-refractivity contribution is 5.82. The van der Waals surface area contributed by atoms with Crippen molar-refractivity contribution in [3.05, 3.63) is 12.7 Å². The molecule has 2 atom stereocenters. The number of hydrogen-bond acceptors (Lipinski definition) is 6. The first-order valence-electron chi connectivity index (χ1n) is 5.12. The Morgan fingerprint density at radius 2 is 1.94 bits per heavy atom. The quantitative estimate of drug-likeness (QED) is 0.332. The van der Waals surface area contributed by atoms with Gasteiger partial charge in [0, 0.05) is 6.08 Å². The van der Waals surface area contributed by atoms with Gasteiger partial charge in [0.15, 0.2) is 6.10 Å². The van der Waals surface area contributed by atoms with Gasteiger partial charge in [-0.1, -0.05) is 6.58 Å². The van der Waals surface area contributed by atoms with Crippen molar-refractivity contribution < 1.29 is 28.9 Å². The van der Waals surface area contributed by atoms with E-state index in [2.05, 4.69) is 6.58 Å². The van der Waals surface area contributed by atoms with Crippen LogP contribution in [0.15, 0.2) is 12.7 Å². The Kier molecular flexibility index (Phi) is 3.59. The molecule has 0 radical (unpaired) electrons. The number of epoxide rings is 1. The van der Waals surface area contributed by atoms with E-state index >= 15 is 0 Å². The van der Waals surface area contributed by atoms with Gasteiger partial charge in [0.25, 0.3) is 0 Å². The molecule has 6 nitrogen and oxygen atoms in total. The van der Waals surface area contributed by atoms with E-state index in [0.717, 1.165) is 6.08 Å². The van der Waals surface area contributed by atoms with E-state index in [1.165, 1.54) is 0 Å². The van der Waals surface area contributed by atoms with Crippen LogP contribution in [0.1, 0.15) is 20.8 Å². The second-order valence-corrected chi connectivity index (χ2v) is 4.70. The summed E-state index contributed by atoms with van der Waals surface area (Å²) in [5.41, 5.74) is -1.00. The van der Waals surface area contributed by atoms with Crippen molar-refractivity contribution in [1.29, 1.82) is 0 Å². The third kappa shape index (κ3) is 3.28. The van der Waals surface area contributed by atoms with Gasteiger partial charge in [-0.3, -0.25) is 0 Å². The highest BCUT2D eigenvalue weighted by atomic mass is 16.8. The Bertz CT molecular complexity index is 338. The SMILES string of the molecule is C=CC(=O)OC(O)(OC(=O)C1CO1)C(C)(C)C. The largest absolute Gasteiger partial charge is 0.396 e. The van der Waals surface area contributed by atoms with E-state index in [1.54, 1.807) is 20.8 Å². The zero-order valence-electron chi connectivity index (χ0n) is 10.1. The molecule has 1 heterocycles. The molecule has 0 amide bonds. The minimum atomic E-state index is -2.35. The van der Waals surface area contributed by atoms with Gasteiger partial charge in [0.1, 0.15) is 0 Å². The fraction of sp³-hybridized carbons (Fsp3) is 0.636. The molecule has 6 heteroatoms. The Labute approximate surface area is 99.2 Å². The summed E-state index contributed by atoms with van der Waals surface area (Å²) < 4.78 is 14.2. The lowest BCUT2D eigenvalue weighted by Gasteiger charge is -2.36. The van der Waals surface area contributed by atoms with Crippen LogP contribution in [0.2, 0.25) is 0 Å². The fourth-order valence-corrected chi connectivity index (χ4v) is 0.891. The van der Waals surface area contributed by atoms with Crippen LogP contribution in [0, 0.1) is 5.41 Å². The third-order valence-electron chi connectivity index (χ3n) is 2.19. The molecule has 0 spiro atoms. The van der Waals surface area contributed by atoms with Crippen molar-refractivity contribution in [2.24, 2.45) is 5.41 Å². The van der Waals surface area contributed by atoms with E-state index in [1.807, 2.05) is 0 Å². The zero-order chi connectivity index (χ0) is 13.3. The lowest BCUT2D eigenvalue weighted by atomic mass is 9.93. The summed E-state index contributed by atoms with van der Waals surface area (Å²) in [6, 6.07) is 0. The van der Waals surface area contributed by atoms with Crippen LogP contribution in [0.25, 0.3) is 0 Å². The van der Waals surface area contributed by atoms with E-state index in [9.17, 15) is 14.7 Å². The van der Waals surface area contributed by atoms with E-state index in [4.69, 9.17) is 14.2 Å². The van der Waals surface area contributed by atoms with Crippen molar-refractivity contribution >= 4 is 11.9 Å². The van der Waals surface area contributed by atoms with Gasteiger partial charge >= 0.3 is 17.9 Å². The molecule has 96 valence electrons. The molecule has 0 aliphatic carbocycles. The van der Waals surface area contributed by atoms with E-state index in [0.29, 0.717) is 0 Å². The monoisotopic (exact) mass is 244 g/mol. The van der Waals surface area contributed by atoms with Crippen molar-refractivity contribution in [1.82, 2.24) is 0 Å². The van der Waals surface area contributed by atoms with Crippen LogP contribution in [0.3, 0.4) is 0 Å². The molecule has 1 aliphatic rings. The van der Waals surface area contributed by atoms with Gasteiger partial charge in [0.05, 0.1) is 12.0 Å². The number of rotatable bonds is 4. The van der Waals surface area contributed by atoms with Gasteiger partial charge in [-0.25, -0.2) is 9.59 Å². The smallest absolute Gasteiger partial charge is 0.378 e. The fourth-order valence-electron chi connectivity index (χ4n) is 0.891. The summed E-state index contributed by atoms with van der Waals surface area (Å²) in [4.78, 5) is 22.5. The molecule has 1 saturated heterocycles. The molecule has 1 N–H and O–H groups in total. The molecular formula is C11H16O6. The molecule has 1 fully saturated rings. The summed E-state index contributed by atoms with van der Waals surface area (Å²) in [5, 5.41) is 10.1. The number of hydrogen-bond donors (Lipinski definition) is 1. The number of carbonyl (C=O) groups is 2. The maximum absolute atomic E-state index is 11.4. The van der Waals surface area contributed by atoms with Crippen LogP contribution >= 0.6 is 0 Å². The summed E-state index contributed by atoms with van der Waals surface area (Å²) in [7, 11) is 0. The molecule has 1 aliphatic heterocycles. The van der Waals surface area contributed by atoms with E-state index in [-0.39, 0.29) is 6.61 Å². The molecule has 2 unspecified atom stereocenters. The van der Waals surface area contributed by atoms with Gasteiger partial charge in [0.2, 0.25) is 0 Å². The maximum Gasteiger partial charge on any atom is 0.378 e. The standard InChI is InChI=1S/C11H16O6/c1-5-8(12)16-11(14,10(2,3)4)17-9(13)7-6-15-7/h5,7,14H,1,6H2,2-4H3. The molecule has 0 bridgehead atoms. The first-order chi connectivity index (χ1) is 7.69. The third-order valence-corrected chi connectivity index (χ3v) is 2.19. The average molecular weight is 244 g/mol. The lowest BCUT2D eigenvalue weighted by Crippen LogP contribution is -2.51. The second kappa shape index (κ2) is 4.46. The molecule has 0 aromatic carbocycles. The topological polar surface area (TPSA) is 85.4 Å². The van der Waals surface area contributed by atoms with E-state index < -0.39 is 29.4 Å². The summed E-state index contributed by atoms with van der Waals surface area (Å²) in [6.07, 6.45) is 0.185.